The summed E-state index contributed by atoms with van der Waals surface area (Å²) in [6.07, 6.45) is -4.02. The van der Waals surface area contributed by atoms with Crippen molar-refractivity contribution >= 4 is 18.2 Å². The number of aromatic nitrogens is 2. The quantitative estimate of drug-likeness (QED) is 0.163. The molecule has 0 spiro atoms. The summed E-state index contributed by atoms with van der Waals surface area (Å²) < 4.78 is 45.6. The zero-order valence-electron chi connectivity index (χ0n) is 18.2. The molecule has 35 heavy (non-hydrogen) atoms. The Bertz CT molecular complexity index is 1320. The molecule has 1 atom stereocenters. The molecule has 0 saturated carbocycles. The number of hydrazine groups is 1. The molecule has 12 heteroatoms. The molecule has 3 aromatic rings. The Hall–Kier alpha value is -4.32. The third-order valence-electron chi connectivity index (χ3n) is 5.29. The molecule has 1 heterocycles. The number of halogens is 3. The zero-order valence-corrected chi connectivity index (χ0v) is 18.2. The van der Waals surface area contributed by atoms with Crippen molar-refractivity contribution in [3.05, 3.63) is 98.7 Å². The van der Waals surface area contributed by atoms with E-state index in [4.69, 9.17) is 10.6 Å². The summed E-state index contributed by atoms with van der Waals surface area (Å²) in [5, 5.41) is 0. The molecule has 0 radical (unpaired) electrons. The zero-order chi connectivity index (χ0) is 25.8. The van der Waals surface area contributed by atoms with E-state index in [9.17, 15) is 32.3 Å². The third kappa shape index (κ3) is 5.44. The normalized spacial score (nSPS) is 12.0. The van der Waals surface area contributed by atoms with Crippen molar-refractivity contribution < 1.29 is 32.3 Å². The first-order valence-corrected chi connectivity index (χ1v) is 10.0. The van der Waals surface area contributed by atoms with E-state index in [1.54, 1.807) is 0 Å². The highest BCUT2D eigenvalue weighted by Gasteiger charge is 2.33. The second-order valence-electron chi connectivity index (χ2n) is 7.40. The molecule has 182 valence electrons. The van der Waals surface area contributed by atoms with Crippen LogP contribution in [0.4, 0.5) is 13.2 Å². The molecule has 0 bridgehead atoms. The number of nitrogens with two attached hydrogens (primary N) is 1. The van der Waals surface area contributed by atoms with Crippen LogP contribution in [-0.2, 0) is 22.3 Å². The van der Waals surface area contributed by atoms with E-state index in [0.717, 1.165) is 23.2 Å². The molecular formula is C23H19F3N4O5. The SMILES string of the molecule is Cc1c(Cn2cncc(C(=O)C(OC=O)c3ccc(C(=O)NN)cc3)c2=O)cccc1C(F)(F)F. The maximum Gasteiger partial charge on any atom is 0.416 e. The summed E-state index contributed by atoms with van der Waals surface area (Å²) in [5.74, 6) is 3.58. The van der Waals surface area contributed by atoms with E-state index in [-0.39, 0.29) is 35.3 Å². The number of carbonyl (C=O) groups excluding carboxylic acids is 3. The van der Waals surface area contributed by atoms with Gasteiger partial charge >= 0.3 is 6.18 Å². The summed E-state index contributed by atoms with van der Waals surface area (Å²) in [5.41, 5.74) is 0.325. The van der Waals surface area contributed by atoms with Crippen LogP contribution in [0.3, 0.4) is 0 Å². The molecule has 0 aliphatic rings. The number of nitrogen functional groups attached to an aromatic ring is 1. The number of alkyl halides is 3. The standard InChI is InChI=1S/C23H19F3N4O5/c1-13-16(3-2-4-18(13)23(24,25)26)10-30-11-28-9-17(22(30)34)19(32)20(35-12-31)14-5-7-15(8-6-14)21(33)29-27/h2-9,11-12,20H,10,27H2,1H3,(H,29,33). The van der Waals surface area contributed by atoms with Gasteiger partial charge in [0.05, 0.1) is 18.4 Å². The number of rotatable bonds is 8. The Labute approximate surface area is 196 Å². The number of nitrogens with one attached hydrogen (secondary N) is 1. The second kappa shape index (κ2) is 10.3. The molecule has 3 N–H and O–H groups in total. The molecule has 1 amide bonds. The molecular weight excluding hydrogens is 469 g/mol. The van der Waals surface area contributed by atoms with Crippen molar-refractivity contribution in [2.45, 2.75) is 25.7 Å². The lowest BCUT2D eigenvalue weighted by Gasteiger charge is -2.16. The van der Waals surface area contributed by atoms with E-state index in [1.807, 2.05) is 5.43 Å². The summed E-state index contributed by atoms with van der Waals surface area (Å²) in [7, 11) is 0. The highest BCUT2D eigenvalue weighted by molar-refractivity contribution is 6.00. The first-order chi connectivity index (χ1) is 16.6. The van der Waals surface area contributed by atoms with Crippen LogP contribution in [0.15, 0.2) is 59.8 Å². The summed E-state index contributed by atoms with van der Waals surface area (Å²) in [4.78, 5) is 52.6. The van der Waals surface area contributed by atoms with Crippen LogP contribution in [0.2, 0.25) is 0 Å². The van der Waals surface area contributed by atoms with E-state index in [0.29, 0.717) is 0 Å². The Balaban J connectivity index is 1.96. The summed E-state index contributed by atoms with van der Waals surface area (Å²) >= 11 is 0. The first-order valence-electron chi connectivity index (χ1n) is 10.0. The van der Waals surface area contributed by atoms with Gasteiger partial charge in [-0.05, 0) is 36.2 Å². The van der Waals surface area contributed by atoms with Crippen molar-refractivity contribution in [3.8, 4) is 0 Å². The van der Waals surface area contributed by atoms with Gasteiger partial charge in [-0.3, -0.25) is 29.2 Å². The monoisotopic (exact) mass is 488 g/mol. The topological polar surface area (TPSA) is 133 Å². The molecule has 2 aromatic carbocycles. The highest BCUT2D eigenvalue weighted by Crippen LogP contribution is 2.33. The van der Waals surface area contributed by atoms with Crippen LogP contribution in [0, 0.1) is 6.92 Å². The number of benzene rings is 2. The fraction of sp³-hybridized carbons (Fsp3) is 0.174. The first kappa shape index (κ1) is 25.3. The Morgan fingerprint density at radius 2 is 1.89 bits per heavy atom. The van der Waals surface area contributed by atoms with Crippen molar-refractivity contribution in [2.24, 2.45) is 5.84 Å². The number of ketones is 1. The molecule has 0 saturated heterocycles. The Morgan fingerprint density at radius 1 is 1.20 bits per heavy atom. The average Bonchev–Trinajstić information content (AvgIpc) is 2.83. The molecule has 3 rings (SSSR count). The van der Waals surface area contributed by atoms with Crippen LogP contribution >= 0.6 is 0 Å². The van der Waals surface area contributed by atoms with Crippen molar-refractivity contribution in [3.63, 3.8) is 0 Å². The fourth-order valence-electron chi connectivity index (χ4n) is 3.46. The van der Waals surface area contributed by atoms with Crippen molar-refractivity contribution in [2.75, 3.05) is 0 Å². The largest absolute Gasteiger partial charge is 0.451 e. The predicted molar refractivity (Wildman–Crippen MR) is 116 cm³/mol. The van der Waals surface area contributed by atoms with Crippen molar-refractivity contribution in [1.29, 1.82) is 0 Å². The van der Waals surface area contributed by atoms with Gasteiger partial charge in [0.1, 0.15) is 5.56 Å². The number of amides is 1. The van der Waals surface area contributed by atoms with E-state index < -0.39 is 40.7 Å². The smallest absolute Gasteiger partial charge is 0.416 e. The third-order valence-corrected chi connectivity index (χ3v) is 5.29. The summed E-state index contributed by atoms with van der Waals surface area (Å²) in [6.45, 7) is 1.04. The van der Waals surface area contributed by atoms with Crippen molar-refractivity contribution in [1.82, 2.24) is 15.0 Å². The fourth-order valence-corrected chi connectivity index (χ4v) is 3.46. The van der Waals surface area contributed by atoms with Gasteiger partial charge in [0.15, 0.2) is 6.10 Å². The molecule has 0 aliphatic carbocycles. The van der Waals surface area contributed by atoms with Gasteiger partial charge in [-0.15, -0.1) is 0 Å². The summed E-state index contributed by atoms with van der Waals surface area (Å²) in [6, 6.07) is 8.95. The van der Waals surface area contributed by atoms with Gasteiger partial charge in [0.2, 0.25) is 5.78 Å². The van der Waals surface area contributed by atoms with Crippen LogP contribution in [0.25, 0.3) is 0 Å². The van der Waals surface area contributed by atoms with Gasteiger partial charge in [-0.2, -0.15) is 13.2 Å². The van der Waals surface area contributed by atoms with Gasteiger partial charge in [-0.1, -0.05) is 24.3 Å². The van der Waals surface area contributed by atoms with E-state index in [1.165, 1.54) is 43.3 Å². The second-order valence-corrected chi connectivity index (χ2v) is 7.40. The Morgan fingerprint density at radius 3 is 2.49 bits per heavy atom. The lowest BCUT2D eigenvalue weighted by Crippen LogP contribution is -2.31. The molecule has 0 fully saturated rings. The number of nitrogens with zero attached hydrogens (tertiary/aromatic N) is 2. The van der Waals surface area contributed by atoms with Gasteiger partial charge in [0, 0.05) is 17.3 Å². The minimum absolute atomic E-state index is 0.0317. The molecule has 1 aromatic heterocycles. The van der Waals surface area contributed by atoms with Crippen LogP contribution in [0.1, 0.15) is 49.1 Å². The molecule has 1 unspecified atom stereocenters. The number of carbonyl (C=O) groups is 3. The minimum atomic E-state index is -4.57. The average molecular weight is 488 g/mol. The van der Waals surface area contributed by atoms with Crippen LogP contribution < -0.4 is 16.8 Å². The van der Waals surface area contributed by atoms with Crippen LogP contribution in [-0.4, -0.2) is 27.7 Å². The number of hydrogen-bond acceptors (Lipinski definition) is 7. The number of hydrogen-bond donors (Lipinski definition) is 2. The van der Waals surface area contributed by atoms with Gasteiger partial charge in [-0.25, -0.2) is 10.8 Å². The lowest BCUT2D eigenvalue weighted by molar-refractivity contribution is -0.138. The molecule has 0 aliphatic heterocycles. The molecule has 9 nitrogen and oxygen atoms in total. The number of ether oxygens (including phenoxy) is 1. The maximum absolute atomic E-state index is 13.2. The minimum Gasteiger partial charge on any atom is -0.451 e. The van der Waals surface area contributed by atoms with Gasteiger partial charge in [0.25, 0.3) is 17.9 Å². The van der Waals surface area contributed by atoms with Gasteiger partial charge < -0.3 is 4.74 Å². The maximum atomic E-state index is 13.2. The lowest BCUT2D eigenvalue weighted by atomic mass is 9.99. The predicted octanol–water partition coefficient (Wildman–Crippen LogP) is 2.32. The highest BCUT2D eigenvalue weighted by atomic mass is 19.4. The Kier molecular flexibility index (Phi) is 7.45. The van der Waals surface area contributed by atoms with E-state index >= 15 is 0 Å². The number of Topliss-reactive ketones (excluding diaryl/α,β-unsaturated/α-hetero) is 1. The van der Waals surface area contributed by atoms with Crippen LogP contribution in [0.5, 0.6) is 0 Å². The van der Waals surface area contributed by atoms with E-state index in [2.05, 4.69) is 4.98 Å².